The van der Waals surface area contributed by atoms with Crippen molar-refractivity contribution in [3.63, 3.8) is 0 Å². The molecule has 0 spiro atoms. The van der Waals surface area contributed by atoms with Gasteiger partial charge in [0.1, 0.15) is 11.4 Å². The maximum atomic E-state index is 12.0. The Balaban J connectivity index is 1.37. The average Bonchev–Trinajstić information content (AvgIpc) is 3.25. The van der Waals surface area contributed by atoms with E-state index in [4.69, 9.17) is 9.26 Å². The zero-order valence-corrected chi connectivity index (χ0v) is 18.9. The lowest BCUT2D eigenvalue weighted by molar-refractivity contribution is 0.0486. The van der Waals surface area contributed by atoms with Crippen molar-refractivity contribution < 1.29 is 14.1 Å². The van der Waals surface area contributed by atoms with Crippen LogP contribution in [0.2, 0.25) is 0 Å². The predicted molar refractivity (Wildman–Crippen MR) is 114 cm³/mol. The summed E-state index contributed by atoms with van der Waals surface area (Å²) in [6.45, 7) is 13.5. The summed E-state index contributed by atoms with van der Waals surface area (Å²) >= 11 is 0. The van der Waals surface area contributed by atoms with Crippen LogP contribution >= 0.6 is 0 Å². The first-order valence-corrected chi connectivity index (χ1v) is 11.4. The largest absolute Gasteiger partial charge is 0.444 e. The third-order valence-electron chi connectivity index (χ3n) is 6.41. The first-order valence-electron chi connectivity index (χ1n) is 11.4. The van der Waals surface area contributed by atoms with Crippen molar-refractivity contribution in [1.29, 1.82) is 0 Å². The molecule has 1 saturated carbocycles. The number of aromatic nitrogens is 1. The first-order chi connectivity index (χ1) is 13.7. The zero-order chi connectivity index (χ0) is 21.0. The topological polar surface area (TPSA) is 67.6 Å². The molecule has 164 valence electrons. The molecule has 2 fully saturated rings. The highest BCUT2D eigenvalue weighted by atomic mass is 16.6. The van der Waals surface area contributed by atoms with Crippen LogP contribution in [0.4, 0.5) is 4.79 Å². The fraction of sp³-hybridized carbons (Fsp3) is 0.826. The number of rotatable bonds is 6. The van der Waals surface area contributed by atoms with Crippen molar-refractivity contribution in [3.8, 4) is 0 Å². The van der Waals surface area contributed by atoms with Gasteiger partial charge in [-0.3, -0.25) is 0 Å². The Morgan fingerprint density at radius 1 is 1.28 bits per heavy atom. The van der Waals surface area contributed by atoms with Gasteiger partial charge in [-0.05, 0) is 71.3 Å². The van der Waals surface area contributed by atoms with Crippen molar-refractivity contribution in [1.82, 2.24) is 15.4 Å². The van der Waals surface area contributed by atoms with Gasteiger partial charge in [-0.1, -0.05) is 19.0 Å². The number of ether oxygens (including phenoxy) is 1. The average molecular weight is 406 g/mol. The van der Waals surface area contributed by atoms with Crippen LogP contribution in [0.25, 0.3) is 0 Å². The Morgan fingerprint density at radius 2 is 2.00 bits per heavy atom. The highest BCUT2D eigenvalue weighted by Gasteiger charge is 2.33. The molecule has 0 unspecified atom stereocenters. The highest BCUT2D eigenvalue weighted by molar-refractivity contribution is 5.68. The maximum Gasteiger partial charge on any atom is 0.407 e. The minimum atomic E-state index is -0.434. The number of alkyl carbamates (subject to hydrolysis) is 1. The fourth-order valence-corrected chi connectivity index (χ4v) is 4.74. The molecule has 6 heteroatoms. The summed E-state index contributed by atoms with van der Waals surface area (Å²) < 4.78 is 10.8. The molecule has 1 saturated heterocycles. The summed E-state index contributed by atoms with van der Waals surface area (Å²) in [5.74, 6) is 2.87. The van der Waals surface area contributed by atoms with Gasteiger partial charge in [0.15, 0.2) is 0 Å². The predicted octanol–water partition coefficient (Wildman–Crippen LogP) is 4.75. The van der Waals surface area contributed by atoms with Gasteiger partial charge in [0.05, 0.1) is 5.69 Å². The van der Waals surface area contributed by atoms with Gasteiger partial charge >= 0.3 is 6.09 Å². The highest BCUT2D eigenvalue weighted by Crippen LogP contribution is 2.33. The maximum absolute atomic E-state index is 12.0. The molecule has 1 amide bonds. The Morgan fingerprint density at radius 3 is 2.62 bits per heavy atom. The van der Waals surface area contributed by atoms with Crippen molar-refractivity contribution in [3.05, 3.63) is 17.5 Å². The minimum Gasteiger partial charge on any atom is -0.444 e. The van der Waals surface area contributed by atoms with Crippen LogP contribution in [0.1, 0.15) is 84.1 Å². The molecule has 1 N–H and O–H groups in total. The summed E-state index contributed by atoms with van der Waals surface area (Å²) in [7, 11) is 0. The second-order valence-corrected chi connectivity index (χ2v) is 10.1. The van der Waals surface area contributed by atoms with Crippen LogP contribution in [-0.2, 0) is 11.2 Å². The SMILES string of the molecule is CCc1cc([C@H]2CN(CC[C@H]3CC[C@H](NC(=O)OC(C)(C)C)CC3)C[C@@H]2C)no1. The van der Waals surface area contributed by atoms with Crippen LogP contribution in [0, 0.1) is 11.8 Å². The van der Waals surface area contributed by atoms with E-state index in [1.54, 1.807) is 0 Å². The van der Waals surface area contributed by atoms with Gasteiger partial charge in [0.25, 0.3) is 0 Å². The summed E-state index contributed by atoms with van der Waals surface area (Å²) in [5, 5.41) is 7.35. The van der Waals surface area contributed by atoms with E-state index in [-0.39, 0.29) is 12.1 Å². The third kappa shape index (κ3) is 6.46. The quantitative estimate of drug-likeness (QED) is 0.740. The lowest BCUT2D eigenvalue weighted by atomic mass is 9.84. The molecular weight excluding hydrogens is 366 g/mol. The standard InChI is InChI=1S/C23H39N3O3/c1-6-19-13-21(25-29-19)20-15-26(14-16(20)2)12-11-17-7-9-18(10-8-17)24-22(27)28-23(3,4)5/h13,16-18,20H,6-12,14-15H2,1-5H3,(H,24,27)/t16-,17-,18-,20-/m0/s1. The molecule has 29 heavy (non-hydrogen) atoms. The van der Waals surface area contributed by atoms with Gasteiger partial charge in [-0.25, -0.2) is 4.79 Å². The number of carbonyl (C=O) groups is 1. The number of carbonyl (C=O) groups excluding carboxylic acids is 1. The molecule has 1 aromatic heterocycles. The van der Waals surface area contributed by atoms with Crippen LogP contribution in [0.5, 0.6) is 0 Å². The molecule has 0 radical (unpaired) electrons. The number of amides is 1. The molecule has 3 rings (SSSR count). The second kappa shape index (κ2) is 9.50. The molecule has 1 aliphatic carbocycles. The van der Waals surface area contributed by atoms with Crippen molar-refractivity contribution in [2.75, 3.05) is 19.6 Å². The normalized spacial score (nSPS) is 28.4. The summed E-state index contributed by atoms with van der Waals surface area (Å²) in [6.07, 6.45) is 6.37. The number of hydrogen-bond acceptors (Lipinski definition) is 5. The summed E-state index contributed by atoms with van der Waals surface area (Å²) in [6, 6.07) is 2.40. The van der Waals surface area contributed by atoms with Crippen molar-refractivity contribution >= 4 is 6.09 Å². The first kappa shape index (κ1) is 22.1. The summed E-state index contributed by atoms with van der Waals surface area (Å²) in [4.78, 5) is 14.6. The van der Waals surface area contributed by atoms with Gasteiger partial charge in [0.2, 0.25) is 0 Å². The zero-order valence-electron chi connectivity index (χ0n) is 18.9. The van der Waals surface area contributed by atoms with Gasteiger partial charge in [0, 0.05) is 37.5 Å². The molecule has 1 aromatic rings. The molecule has 6 nitrogen and oxygen atoms in total. The third-order valence-corrected chi connectivity index (χ3v) is 6.41. The Labute approximate surface area is 175 Å². The molecule has 2 aliphatic rings. The summed E-state index contributed by atoms with van der Waals surface area (Å²) in [5.41, 5.74) is 0.696. The van der Waals surface area contributed by atoms with Gasteiger partial charge in [-0.2, -0.15) is 0 Å². The smallest absolute Gasteiger partial charge is 0.407 e. The van der Waals surface area contributed by atoms with E-state index < -0.39 is 5.60 Å². The van der Waals surface area contributed by atoms with Crippen LogP contribution in [0.3, 0.4) is 0 Å². The Hall–Kier alpha value is -1.56. The Bertz CT molecular complexity index is 659. The number of hydrogen-bond donors (Lipinski definition) is 1. The van der Waals surface area contributed by atoms with E-state index >= 15 is 0 Å². The number of likely N-dealkylation sites (tertiary alicyclic amines) is 1. The van der Waals surface area contributed by atoms with Crippen molar-refractivity contribution in [2.45, 2.75) is 90.7 Å². The molecular formula is C23H39N3O3. The fourth-order valence-electron chi connectivity index (χ4n) is 4.74. The minimum absolute atomic E-state index is 0.261. The number of nitrogens with one attached hydrogen (secondary N) is 1. The molecule has 0 bridgehead atoms. The molecule has 0 aromatic carbocycles. The van der Waals surface area contributed by atoms with E-state index in [1.165, 1.54) is 19.3 Å². The van der Waals surface area contributed by atoms with Gasteiger partial charge in [-0.15, -0.1) is 0 Å². The number of nitrogens with zero attached hydrogens (tertiary/aromatic N) is 2. The monoisotopic (exact) mass is 405 g/mol. The van der Waals surface area contributed by atoms with Crippen LogP contribution < -0.4 is 5.32 Å². The van der Waals surface area contributed by atoms with E-state index in [1.807, 2.05) is 20.8 Å². The van der Waals surface area contributed by atoms with Crippen LogP contribution in [0.15, 0.2) is 10.6 Å². The molecule has 2 heterocycles. The van der Waals surface area contributed by atoms with E-state index in [2.05, 4.69) is 35.3 Å². The van der Waals surface area contributed by atoms with E-state index in [0.29, 0.717) is 11.8 Å². The van der Waals surface area contributed by atoms with Crippen LogP contribution in [-0.4, -0.2) is 47.4 Å². The molecule has 1 aliphatic heterocycles. The lowest BCUT2D eigenvalue weighted by Gasteiger charge is -2.31. The van der Waals surface area contributed by atoms with Gasteiger partial charge < -0.3 is 19.5 Å². The van der Waals surface area contributed by atoms with E-state index in [9.17, 15) is 4.79 Å². The molecule has 2 atom stereocenters. The Kier molecular flexibility index (Phi) is 7.25. The van der Waals surface area contributed by atoms with E-state index in [0.717, 1.165) is 56.3 Å². The van der Waals surface area contributed by atoms with Crippen molar-refractivity contribution in [2.24, 2.45) is 11.8 Å². The second-order valence-electron chi connectivity index (χ2n) is 10.1. The lowest BCUT2D eigenvalue weighted by Crippen LogP contribution is -2.41. The number of aryl methyl sites for hydroxylation is 1.